The number of benzene rings is 3. The Morgan fingerprint density at radius 2 is 1.47 bits per heavy atom. The molecular weight excluding hydrogens is 472 g/mol. The monoisotopic (exact) mass is 508 g/mol. The molecule has 0 bridgehead atoms. The van der Waals surface area contributed by atoms with Gasteiger partial charge in [0.1, 0.15) is 5.75 Å². The summed E-state index contributed by atoms with van der Waals surface area (Å²) in [5.74, 6) is 0.350. The molecule has 3 rings (SSSR count). The molecular formula is C29H36N2O4S. The number of carbonyl (C=O) groups excluding carboxylic acids is 1. The van der Waals surface area contributed by atoms with Gasteiger partial charge in [-0.1, -0.05) is 71.9 Å². The minimum absolute atomic E-state index is 0.00541. The molecule has 0 aliphatic carbocycles. The zero-order chi connectivity index (χ0) is 26.7. The number of para-hydroxylation sites is 1. The summed E-state index contributed by atoms with van der Waals surface area (Å²) in [6.45, 7) is 12.7. The van der Waals surface area contributed by atoms with Gasteiger partial charge in [-0.3, -0.25) is 9.10 Å². The van der Waals surface area contributed by atoms with Crippen LogP contribution in [0.2, 0.25) is 0 Å². The third-order valence-electron chi connectivity index (χ3n) is 5.93. The van der Waals surface area contributed by atoms with Crippen LogP contribution in [-0.4, -0.2) is 28.0 Å². The van der Waals surface area contributed by atoms with E-state index in [0.717, 1.165) is 5.56 Å². The van der Waals surface area contributed by atoms with E-state index >= 15 is 0 Å². The number of hydrogen-bond acceptors (Lipinski definition) is 4. The highest BCUT2D eigenvalue weighted by Crippen LogP contribution is 2.35. The zero-order valence-corrected chi connectivity index (χ0v) is 22.9. The van der Waals surface area contributed by atoms with E-state index in [0.29, 0.717) is 17.1 Å². The van der Waals surface area contributed by atoms with Crippen molar-refractivity contribution in [3.8, 4) is 5.75 Å². The summed E-state index contributed by atoms with van der Waals surface area (Å²) in [7, 11) is -2.21. The number of rotatable bonds is 7. The van der Waals surface area contributed by atoms with Crippen LogP contribution in [0.15, 0.2) is 77.7 Å². The first-order chi connectivity index (χ1) is 16.7. The van der Waals surface area contributed by atoms with Crippen LogP contribution in [0.1, 0.15) is 52.7 Å². The average Bonchev–Trinajstić information content (AvgIpc) is 2.82. The summed E-state index contributed by atoms with van der Waals surface area (Å²) in [4.78, 5) is 12.7. The van der Waals surface area contributed by atoms with Gasteiger partial charge in [-0.15, -0.1) is 0 Å². The molecule has 0 fully saturated rings. The van der Waals surface area contributed by atoms with Crippen molar-refractivity contribution in [3.05, 3.63) is 83.9 Å². The summed E-state index contributed by atoms with van der Waals surface area (Å²) in [6.07, 6.45) is 0. The number of amides is 1. The van der Waals surface area contributed by atoms with E-state index in [1.165, 1.54) is 29.0 Å². The molecule has 0 unspecified atom stereocenters. The molecule has 0 atom stereocenters. The third-order valence-corrected chi connectivity index (χ3v) is 7.73. The number of hydrogen-bond donors (Lipinski definition) is 1. The summed E-state index contributed by atoms with van der Waals surface area (Å²) in [5, 5.41) is 2.77. The Morgan fingerprint density at radius 1 is 0.861 bits per heavy atom. The van der Waals surface area contributed by atoms with Crippen LogP contribution in [0, 0.1) is 0 Å². The third kappa shape index (κ3) is 6.46. The van der Waals surface area contributed by atoms with Crippen LogP contribution in [0.25, 0.3) is 0 Å². The lowest BCUT2D eigenvalue weighted by Gasteiger charge is -2.27. The smallest absolute Gasteiger partial charge is 0.264 e. The molecule has 7 heteroatoms. The van der Waals surface area contributed by atoms with Crippen molar-refractivity contribution >= 4 is 27.3 Å². The van der Waals surface area contributed by atoms with Gasteiger partial charge in [0.15, 0.2) is 6.61 Å². The predicted octanol–water partition coefficient (Wildman–Crippen LogP) is 6.12. The second-order valence-electron chi connectivity index (χ2n) is 10.9. The second-order valence-corrected chi connectivity index (χ2v) is 12.8. The highest BCUT2D eigenvalue weighted by atomic mass is 32.2. The Bertz CT molecular complexity index is 1300. The number of nitrogens with one attached hydrogen (secondary N) is 1. The highest BCUT2D eigenvalue weighted by Gasteiger charge is 2.24. The maximum Gasteiger partial charge on any atom is 0.264 e. The molecule has 36 heavy (non-hydrogen) atoms. The largest absolute Gasteiger partial charge is 0.483 e. The molecule has 0 saturated heterocycles. The molecule has 1 N–H and O–H groups in total. The van der Waals surface area contributed by atoms with Crippen molar-refractivity contribution in [1.82, 2.24) is 0 Å². The number of anilines is 2. The van der Waals surface area contributed by atoms with Gasteiger partial charge in [-0.05, 0) is 64.4 Å². The first kappa shape index (κ1) is 27.3. The Hall–Kier alpha value is -3.32. The van der Waals surface area contributed by atoms with Crippen molar-refractivity contribution in [2.45, 2.75) is 57.3 Å². The Labute approximate surface area is 215 Å². The lowest BCUT2D eigenvalue weighted by Crippen LogP contribution is -2.26. The quantitative estimate of drug-likeness (QED) is 0.417. The van der Waals surface area contributed by atoms with Crippen molar-refractivity contribution < 1.29 is 17.9 Å². The Morgan fingerprint density at radius 3 is 2.03 bits per heavy atom. The van der Waals surface area contributed by atoms with E-state index in [-0.39, 0.29) is 28.2 Å². The van der Waals surface area contributed by atoms with Gasteiger partial charge in [-0.2, -0.15) is 0 Å². The molecule has 0 aliphatic heterocycles. The maximum atomic E-state index is 12.9. The Kier molecular flexibility index (Phi) is 7.84. The van der Waals surface area contributed by atoms with Crippen molar-refractivity contribution in [3.63, 3.8) is 0 Å². The van der Waals surface area contributed by atoms with Gasteiger partial charge in [0.2, 0.25) is 0 Å². The molecule has 0 aliphatic rings. The summed E-state index contributed by atoms with van der Waals surface area (Å²) in [5.41, 5.74) is 3.16. The molecule has 3 aromatic carbocycles. The number of sulfonamides is 1. The minimum atomic E-state index is -3.72. The highest BCUT2D eigenvalue weighted by molar-refractivity contribution is 7.92. The van der Waals surface area contributed by atoms with E-state index < -0.39 is 10.0 Å². The first-order valence-corrected chi connectivity index (χ1v) is 13.4. The van der Waals surface area contributed by atoms with Gasteiger partial charge in [0.05, 0.1) is 10.6 Å². The van der Waals surface area contributed by atoms with Gasteiger partial charge in [0.25, 0.3) is 15.9 Å². The van der Waals surface area contributed by atoms with Crippen LogP contribution < -0.4 is 14.4 Å². The molecule has 192 valence electrons. The van der Waals surface area contributed by atoms with Gasteiger partial charge < -0.3 is 10.1 Å². The van der Waals surface area contributed by atoms with Gasteiger partial charge in [-0.25, -0.2) is 8.42 Å². The van der Waals surface area contributed by atoms with E-state index in [4.69, 9.17) is 4.74 Å². The molecule has 0 saturated carbocycles. The molecule has 6 nitrogen and oxygen atoms in total. The summed E-state index contributed by atoms with van der Waals surface area (Å²) in [6, 6.07) is 21.1. The number of nitrogens with zero attached hydrogens (tertiary/aromatic N) is 1. The number of ether oxygens (including phenoxy) is 1. The Balaban J connectivity index is 1.68. The van der Waals surface area contributed by atoms with E-state index in [1.54, 1.807) is 36.4 Å². The van der Waals surface area contributed by atoms with Crippen LogP contribution in [-0.2, 0) is 25.6 Å². The predicted molar refractivity (Wildman–Crippen MR) is 146 cm³/mol. The van der Waals surface area contributed by atoms with Gasteiger partial charge in [0, 0.05) is 12.7 Å². The van der Waals surface area contributed by atoms with Crippen LogP contribution in [0.5, 0.6) is 5.75 Å². The van der Waals surface area contributed by atoms with Crippen LogP contribution in [0.4, 0.5) is 11.4 Å². The van der Waals surface area contributed by atoms with E-state index in [1.807, 2.05) is 18.2 Å². The lowest BCUT2D eigenvalue weighted by molar-refractivity contribution is -0.118. The molecule has 0 spiro atoms. The van der Waals surface area contributed by atoms with Crippen molar-refractivity contribution in [2.75, 3.05) is 23.3 Å². The molecule has 3 aromatic rings. The topological polar surface area (TPSA) is 75.7 Å². The zero-order valence-electron chi connectivity index (χ0n) is 22.1. The van der Waals surface area contributed by atoms with Gasteiger partial charge >= 0.3 is 0 Å². The fraction of sp³-hybridized carbons (Fsp3) is 0.345. The molecule has 1 amide bonds. The van der Waals surface area contributed by atoms with Crippen molar-refractivity contribution in [2.24, 2.45) is 0 Å². The molecule has 0 radical (unpaired) electrons. The normalized spacial score (nSPS) is 12.2. The summed E-state index contributed by atoms with van der Waals surface area (Å²) < 4.78 is 33.0. The molecule has 0 heterocycles. The second kappa shape index (κ2) is 10.3. The lowest BCUT2D eigenvalue weighted by atomic mass is 9.80. The SMILES string of the molecule is CN(c1ccccc1)S(=O)(=O)c1ccc(NC(=O)COc2ccc(C(C)(C)C)cc2C(C)(C)C)cc1. The summed E-state index contributed by atoms with van der Waals surface area (Å²) >= 11 is 0. The maximum absolute atomic E-state index is 12.9. The van der Waals surface area contributed by atoms with Crippen molar-refractivity contribution in [1.29, 1.82) is 0 Å². The van der Waals surface area contributed by atoms with E-state index in [9.17, 15) is 13.2 Å². The minimum Gasteiger partial charge on any atom is -0.483 e. The first-order valence-electron chi connectivity index (χ1n) is 11.9. The van der Waals surface area contributed by atoms with E-state index in [2.05, 4.69) is 52.9 Å². The van der Waals surface area contributed by atoms with Crippen LogP contribution >= 0.6 is 0 Å². The number of carbonyl (C=O) groups is 1. The fourth-order valence-electron chi connectivity index (χ4n) is 3.69. The molecule has 0 aromatic heterocycles. The van der Waals surface area contributed by atoms with Crippen LogP contribution in [0.3, 0.4) is 0 Å². The fourth-order valence-corrected chi connectivity index (χ4v) is 4.89. The standard InChI is InChI=1S/C29H36N2O4S/c1-28(2,3)21-13-18-26(25(19-21)29(4,5)6)35-20-27(32)30-22-14-16-24(17-15-22)36(33,34)31(7)23-11-9-8-10-12-23/h8-19H,20H2,1-7H3,(H,30,32). The average molecular weight is 509 g/mol.